The zero-order valence-corrected chi connectivity index (χ0v) is 18.7. The fourth-order valence-electron chi connectivity index (χ4n) is 3.58. The number of carbonyl (C=O) groups is 2. The van der Waals surface area contributed by atoms with Gasteiger partial charge in [-0.2, -0.15) is 0 Å². The maximum absolute atomic E-state index is 12.7. The summed E-state index contributed by atoms with van der Waals surface area (Å²) in [4.78, 5) is 28.7. The quantitative estimate of drug-likeness (QED) is 0.605. The molecule has 3 rings (SSSR count). The van der Waals surface area contributed by atoms with E-state index >= 15 is 0 Å². The molecule has 0 unspecified atom stereocenters. The summed E-state index contributed by atoms with van der Waals surface area (Å²) in [6.45, 7) is 6.86. The van der Waals surface area contributed by atoms with Gasteiger partial charge in [-0.25, -0.2) is 9.59 Å². The van der Waals surface area contributed by atoms with Gasteiger partial charge in [-0.05, 0) is 42.8 Å². The summed E-state index contributed by atoms with van der Waals surface area (Å²) < 4.78 is 17.0. The van der Waals surface area contributed by atoms with Crippen LogP contribution in [0, 0.1) is 0 Å². The van der Waals surface area contributed by atoms with E-state index in [1.165, 1.54) is 12.0 Å². The highest BCUT2D eigenvalue weighted by atomic mass is 79.9. The van der Waals surface area contributed by atoms with Gasteiger partial charge in [0.15, 0.2) is 0 Å². The topological polar surface area (TPSA) is 68.3 Å². The number of anilines is 1. The largest absolute Gasteiger partial charge is 0.489 e. The van der Waals surface area contributed by atoms with Crippen molar-refractivity contribution in [3.8, 4) is 5.75 Å². The normalized spacial score (nSPS) is 21.8. The van der Waals surface area contributed by atoms with Crippen LogP contribution >= 0.6 is 27.5 Å². The number of halogens is 2. The van der Waals surface area contributed by atoms with Crippen molar-refractivity contribution in [2.75, 3.05) is 31.7 Å². The number of carbonyl (C=O) groups excluding carboxylic acids is 2. The number of nitrogens with zero attached hydrogens (tertiary/aromatic N) is 2. The summed E-state index contributed by atoms with van der Waals surface area (Å²) in [6.07, 6.45) is -0.0745. The van der Waals surface area contributed by atoms with Crippen LogP contribution in [0.5, 0.6) is 5.75 Å². The van der Waals surface area contributed by atoms with Gasteiger partial charge in [0, 0.05) is 34.6 Å². The highest BCUT2D eigenvalue weighted by Gasteiger charge is 2.45. The molecule has 0 bridgehead atoms. The second-order valence-corrected chi connectivity index (χ2v) is 9.13. The molecule has 0 aromatic heterocycles. The minimum atomic E-state index is -0.692. The van der Waals surface area contributed by atoms with Crippen LogP contribution in [0.1, 0.15) is 27.2 Å². The van der Waals surface area contributed by atoms with Gasteiger partial charge in [0.1, 0.15) is 24.0 Å². The summed E-state index contributed by atoms with van der Waals surface area (Å²) in [7, 11) is 1.32. The van der Waals surface area contributed by atoms with E-state index in [1.54, 1.807) is 32.9 Å². The molecule has 0 aliphatic carbocycles. The first kappa shape index (κ1) is 21.0. The minimum Gasteiger partial charge on any atom is -0.489 e. The number of benzene rings is 1. The van der Waals surface area contributed by atoms with Crippen molar-refractivity contribution >= 4 is 45.3 Å². The van der Waals surface area contributed by atoms with Crippen molar-refractivity contribution in [3.05, 3.63) is 21.6 Å². The standard InChI is InChI=1S/C19H24BrClN2O5/c1-19(2,3)28-18(25)23-10-12(9-14(23)17(24)26-4)22-5-6-27-15-8-11(21)7-13(20)16(15)22/h7-8,12,14H,5-6,9-10H2,1-4H3/t12-,14+/m0/s1. The Balaban J connectivity index is 1.89. The Bertz CT molecular complexity index is 782. The van der Waals surface area contributed by atoms with E-state index in [0.717, 1.165) is 10.2 Å². The van der Waals surface area contributed by atoms with Crippen molar-refractivity contribution in [3.63, 3.8) is 0 Å². The number of hydrogen-bond acceptors (Lipinski definition) is 6. The molecule has 1 aromatic carbocycles. The Hall–Kier alpha value is -1.67. The van der Waals surface area contributed by atoms with E-state index in [2.05, 4.69) is 20.8 Å². The number of esters is 1. The monoisotopic (exact) mass is 474 g/mol. The highest BCUT2D eigenvalue weighted by molar-refractivity contribution is 9.10. The van der Waals surface area contributed by atoms with E-state index in [0.29, 0.717) is 36.9 Å². The molecule has 0 spiro atoms. The van der Waals surface area contributed by atoms with Gasteiger partial charge in [-0.3, -0.25) is 4.90 Å². The fraction of sp³-hybridized carbons (Fsp3) is 0.579. The molecule has 1 saturated heterocycles. The van der Waals surface area contributed by atoms with Crippen LogP contribution in [-0.4, -0.2) is 61.5 Å². The van der Waals surface area contributed by atoms with Crippen LogP contribution in [0.15, 0.2) is 16.6 Å². The van der Waals surface area contributed by atoms with Crippen LogP contribution in [0.3, 0.4) is 0 Å². The van der Waals surface area contributed by atoms with E-state index in [4.69, 9.17) is 25.8 Å². The van der Waals surface area contributed by atoms with Crippen molar-refractivity contribution in [2.24, 2.45) is 0 Å². The lowest BCUT2D eigenvalue weighted by Crippen LogP contribution is -2.45. The second kappa shape index (κ2) is 7.99. The van der Waals surface area contributed by atoms with Gasteiger partial charge in [-0.15, -0.1) is 0 Å². The molecule has 2 aliphatic heterocycles. The highest BCUT2D eigenvalue weighted by Crippen LogP contribution is 2.43. The lowest BCUT2D eigenvalue weighted by Gasteiger charge is -2.36. The fourth-order valence-corrected chi connectivity index (χ4v) is 4.59. The van der Waals surface area contributed by atoms with Crippen LogP contribution in [-0.2, 0) is 14.3 Å². The van der Waals surface area contributed by atoms with Crippen molar-refractivity contribution < 1.29 is 23.8 Å². The Kier molecular flexibility index (Phi) is 6.00. The third-order valence-corrected chi connectivity index (χ3v) is 5.51. The zero-order chi connectivity index (χ0) is 20.6. The summed E-state index contributed by atoms with van der Waals surface area (Å²) in [6, 6.07) is 2.80. The molecule has 1 amide bonds. The first-order valence-electron chi connectivity index (χ1n) is 9.06. The number of fused-ring (bicyclic) bond motifs is 1. The number of amides is 1. The molecule has 0 radical (unpaired) electrons. The molecule has 9 heteroatoms. The average molecular weight is 476 g/mol. The molecule has 1 aromatic rings. The van der Waals surface area contributed by atoms with Crippen LogP contribution in [0.2, 0.25) is 5.02 Å². The van der Waals surface area contributed by atoms with E-state index in [9.17, 15) is 9.59 Å². The van der Waals surface area contributed by atoms with Crippen LogP contribution in [0.4, 0.5) is 10.5 Å². The molecule has 0 N–H and O–H groups in total. The molecule has 28 heavy (non-hydrogen) atoms. The number of ether oxygens (including phenoxy) is 3. The number of likely N-dealkylation sites (tertiary alicyclic amines) is 1. The SMILES string of the molecule is COC(=O)[C@H]1C[C@H](N2CCOc3cc(Cl)cc(Br)c32)CN1C(=O)OC(C)(C)C. The maximum atomic E-state index is 12.7. The Morgan fingerprint density at radius 3 is 2.68 bits per heavy atom. The Morgan fingerprint density at radius 2 is 2.04 bits per heavy atom. The van der Waals surface area contributed by atoms with Gasteiger partial charge in [0.2, 0.25) is 0 Å². The lowest BCUT2D eigenvalue weighted by atomic mass is 10.1. The molecule has 0 saturated carbocycles. The van der Waals surface area contributed by atoms with Crippen LogP contribution in [0.25, 0.3) is 0 Å². The van der Waals surface area contributed by atoms with Gasteiger partial charge in [0.25, 0.3) is 0 Å². The first-order valence-corrected chi connectivity index (χ1v) is 10.2. The summed E-state index contributed by atoms with van der Waals surface area (Å²) in [5, 5.41) is 0.571. The molecule has 2 heterocycles. The van der Waals surface area contributed by atoms with Crippen molar-refractivity contribution in [1.82, 2.24) is 4.90 Å². The Morgan fingerprint density at radius 1 is 1.32 bits per heavy atom. The number of methoxy groups -OCH3 is 1. The van der Waals surface area contributed by atoms with Gasteiger partial charge < -0.3 is 19.1 Å². The molecule has 1 fully saturated rings. The number of hydrogen-bond donors (Lipinski definition) is 0. The predicted molar refractivity (Wildman–Crippen MR) is 109 cm³/mol. The molecule has 7 nitrogen and oxygen atoms in total. The molecular weight excluding hydrogens is 452 g/mol. The van der Waals surface area contributed by atoms with E-state index in [1.807, 2.05) is 0 Å². The third-order valence-electron chi connectivity index (χ3n) is 4.69. The first-order chi connectivity index (χ1) is 13.1. The summed E-state index contributed by atoms with van der Waals surface area (Å²) >= 11 is 9.70. The van der Waals surface area contributed by atoms with Crippen LogP contribution < -0.4 is 9.64 Å². The minimum absolute atomic E-state index is 0.0863. The second-order valence-electron chi connectivity index (χ2n) is 7.84. The van der Waals surface area contributed by atoms with Gasteiger partial charge in [-0.1, -0.05) is 11.6 Å². The van der Waals surface area contributed by atoms with E-state index < -0.39 is 23.7 Å². The van der Waals surface area contributed by atoms with Crippen molar-refractivity contribution in [2.45, 2.75) is 44.9 Å². The van der Waals surface area contributed by atoms with Crippen molar-refractivity contribution in [1.29, 1.82) is 0 Å². The van der Waals surface area contributed by atoms with Gasteiger partial charge >= 0.3 is 12.1 Å². The zero-order valence-electron chi connectivity index (χ0n) is 16.3. The smallest absolute Gasteiger partial charge is 0.411 e. The molecule has 154 valence electrons. The third kappa shape index (κ3) is 4.33. The summed E-state index contributed by atoms with van der Waals surface area (Å²) in [5.74, 6) is 0.230. The number of rotatable bonds is 2. The predicted octanol–water partition coefficient (Wildman–Crippen LogP) is 3.85. The van der Waals surface area contributed by atoms with E-state index in [-0.39, 0.29) is 6.04 Å². The Labute approximate surface area is 178 Å². The summed E-state index contributed by atoms with van der Waals surface area (Å²) in [5.41, 5.74) is 0.219. The molecule has 2 atom stereocenters. The maximum Gasteiger partial charge on any atom is 0.411 e. The average Bonchev–Trinajstić information content (AvgIpc) is 3.04. The lowest BCUT2D eigenvalue weighted by molar-refractivity contribution is -0.145. The van der Waals surface area contributed by atoms with Gasteiger partial charge in [0.05, 0.1) is 19.3 Å². The molecular formula is C19H24BrClN2O5. The molecule has 2 aliphatic rings.